The number of ketones is 1. The molecule has 0 aromatic heterocycles. The highest BCUT2D eigenvalue weighted by molar-refractivity contribution is 5.98. The molecule has 2 nitrogen and oxygen atoms in total. The Morgan fingerprint density at radius 3 is 2.67 bits per heavy atom. The lowest BCUT2D eigenvalue weighted by Crippen LogP contribution is -2.20. The van der Waals surface area contributed by atoms with Crippen LogP contribution in [0, 0.1) is 18.3 Å². The van der Waals surface area contributed by atoms with Crippen LogP contribution in [0.15, 0.2) is 0 Å². The zero-order chi connectivity index (χ0) is 6.85. The molecule has 0 aromatic rings. The van der Waals surface area contributed by atoms with Gasteiger partial charge in [-0.25, -0.2) is 0 Å². The van der Waals surface area contributed by atoms with Crippen molar-refractivity contribution >= 4 is 5.78 Å². The Labute approximate surface area is 53.9 Å². The lowest BCUT2D eigenvalue weighted by atomic mass is 10.1. The van der Waals surface area contributed by atoms with Crippen molar-refractivity contribution in [2.75, 3.05) is 0 Å². The number of aliphatic hydroxyl groups excluding tert-OH is 1. The molecule has 0 aromatic carbocycles. The van der Waals surface area contributed by atoms with E-state index in [4.69, 9.17) is 11.5 Å². The van der Waals surface area contributed by atoms with Gasteiger partial charge in [0, 0.05) is 0 Å². The van der Waals surface area contributed by atoms with Crippen molar-refractivity contribution < 1.29 is 9.90 Å². The van der Waals surface area contributed by atoms with E-state index in [1.807, 2.05) is 5.92 Å². The van der Waals surface area contributed by atoms with Crippen LogP contribution in [0.2, 0.25) is 0 Å². The lowest BCUT2D eigenvalue weighted by molar-refractivity contribution is -0.122. The van der Waals surface area contributed by atoms with E-state index in [-0.39, 0.29) is 5.92 Å². The van der Waals surface area contributed by atoms with Crippen LogP contribution in [0.4, 0.5) is 0 Å². The minimum absolute atomic E-state index is 0.161. The molecule has 1 unspecified atom stereocenters. The molecule has 1 N–H and O–H groups in total. The average Bonchev–Trinajstić information content (AvgIpc) is 2.66. The first-order valence-corrected chi connectivity index (χ1v) is 2.94. The first-order chi connectivity index (χ1) is 4.25. The van der Waals surface area contributed by atoms with Crippen LogP contribution >= 0.6 is 0 Å². The Balaban J connectivity index is 2.42. The fourth-order valence-corrected chi connectivity index (χ4v) is 0.711. The third-order valence-electron chi connectivity index (χ3n) is 1.48. The first kappa shape index (κ1) is 6.31. The molecule has 1 fully saturated rings. The summed E-state index contributed by atoms with van der Waals surface area (Å²) >= 11 is 0. The Kier molecular flexibility index (Phi) is 1.54. The van der Waals surface area contributed by atoms with Crippen LogP contribution in [0.5, 0.6) is 0 Å². The molecule has 1 aliphatic carbocycles. The molecule has 1 aliphatic rings. The number of terminal acetylenes is 1. The van der Waals surface area contributed by atoms with Gasteiger partial charge < -0.3 is 5.11 Å². The molecular formula is C7H8O2. The van der Waals surface area contributed by atoms with Crippen LogP contribution in [0.3, 0.4) is 0 Å². The van der Waals surface area contributed by atoms with Crippen molar-refractivity contribution in [2.24, 2.45) is 5.92 Å². The van der Waals surface area contributed by atoms with Gasteiger partial charge in [0.05, 0.1) is 0 Å². The summed E-state index contributed by atoms with van der Waals surface area (Å²) in [5.41, 5.74) is 0. The number of carbonyl (C=O) groups is 1. The number of carbonyl (C=O) groups excluding carboxylic acids is 1. The van der Waals surface area contributed by atoms with E-state index in [1.54, 1.807) is 0 Å². The van der Waals surface area contributed by atoms with Gasteiger partial charge >= 0.3 is 0 Å². The lowest BCUT2D eigenvalue weighted by Gasteiger charge is -1.99. The molecule has 2 heteroatoms. The largest absolute Gasteiger partial charge is 0.384 e. The molecule has 1 atom stereocenters. The van der Waals surface area contributed by atoms with E-state index in [0.717, 1.165) is 12.8 Å². The molecule has 1 saturated carbocycles. The Morgan fingerprint density at radius 2 is 2.33 bits per heavy atom. The fourth-order valence-electron chi connectivity index (χ4n) is 0.711. The summed E-state index contributed by atoms with van der Waals surface area (Å²) in [6, 6.07) is 0. The highest BCUT2D eigenvalue weighted by Gasteiger charge is 2.33. The van der Waals surface area contributed by atoms with Crippen molar-refractivity contribution in [3.05, 3.63) is 0 Å². The number of aliphatic hydroxyl groups is 1. The number of rotatable bonds is 2. The normalized spacial score (nSPS) is 20.4. The molecule has 0 saturated heterocycles. The van der Waals surface area contributed by atoms with Crippen molar-refractivity contribution in [3.63, 3.8) is 0 Å². The quantitative estimate of drug-likeness (QED) is 0.414. The van der Waals surface area contributed by atoms with Gasteiger partial charge in [-0.05, 0) is 24.7 Å². The first-order valence-electron chi connectivity index (χ1n) is 2.94. The summed E-state index contributed by atoms with van der Waals surface area (Å²) in [6.45, 7) is 0. The van der Waals surface area contributed by atoms with Gasteiger partial charge in [0.2, 0.25) is 5.78 Å². The predicted octanol–water partition coefficient (Wildman–Crippen LogP) is -0.0404. The zero-order valence-electron chi connectivity index (χ0n) is 5.00. The van der Waals surface area contributed by atoms with Crippen molar-refractivity contribution in [3.8, 4) is 12.3 Å². The molecule has 1 rings (SSSR count). The fraction of sp³-hybridized carbons (Fsp3) is 0.571. The van der Waals surface area contributed by atoms with Crippen molar-refractivity contribution in [2.45, 2.75) is 18.9 Å². The van der Waals surface area contributed by atoms with Gasteiger partial charge in [0.25, 0.3) is 0 Å². The van der Waals surface area contributed by atoms with Gasteiger partial charge in [-0.3, -0.25) is 4.79 Å². The van der Waals surface area contributed by atoms with Gasteiger partial charge in [0.1, 0.15) is 6.10 Å². The molecule has 0 bridgehead atoms. The maximum Gasteiger partial charge on any atom is 0.233 e. The third kappa shape index (κ3) is 1.30. The SMILES string of the molecule is C#CC(=O)C(O)C1CC1. The second-order valence-electron chi connectivity index (χ2n) is 2.29. The van der Waals surface area contributed by atoms with Crippen molar-refractivity contribution in [1.82, 2.24) is 0 Å². The number of Topliss-reactive ketones (excluding diaryl/α,β-unsaturated/α-hetero) is 1. The molecule has 0 amide bonds. The molecule has 0 aliphatic heterocycles. The van der Waals surface area contributed by atoms with E-state index in [9.17, 15) is 4.79 Å². The summed E-state index contributed by atoms with van der Waals surface area (Å²) in [6.07, 6.45) is 5.78. The van der Waals surface area contributed by atoms with E-state index >= 15 is 0 Å². The summed E-state index contributed by atoms with van der Waals surface area (Å²) in [7, 11) is 0. The maximum absolute atomic E-state index is 10.5. The zero-order valence-corrected chi connectivity index (χ0v) is 5.00. The van der Waals surface area contributed by atoms with Gasteiger partial charge in [-0.2, -0.15) is 0 Å². The Morgan fingerprint density at radius 1 is 1.78 bits per heavy atom. The second-order valence-corrected chi connectivity index (χ2v) is 2.29. The van der Waals surface area contributed by atoms with E-state index < -0.39 is 11.9 Å². The Hall–Kier alpha value is -0.810. The standard InChI is InChI=1S/C7H8O2/c1-2-6(8)7(9)5-3-4-5/h1,5,7,9H,3-4H2. The molecule has 9 heavy (non-hydrogen) atoms. The smallest absolute Gasteiger partial charge is 0.233 e. The third-order valence-corrected chi connectivity index (χ3v) is 1.48. The average molecular weight is 124 g/mol. The monoisotopic (exact) mass is 124 g/mol. The number of hydrogen-bond acceptors (Lipinski definition) is 2. The molecular weight excluding hydrogens is 116 g/mol. The van der Waals surface area contributed by atoms with Crippen LogP contribution in [0.25, 0.3) is 0 Å². The number of hydrogen-bond donors (Lipinski definition) is 1. The molecule has 0 radical (unpaired) electrons. The molecule has 0 spiro atoms. The summed E-state index contributed by atoms with van der Waals surface area (Å²) in [4.78, 5) is 10.5. The molecule has 48 valence electrons. The minimum Gasteiger partial charge on any atom is -0.384 e. The predicted molar refractivity (Wildman–Crippen MR) is 32.6 cm³/mol. The van der Waals surface area contributed by atoms with E-state index in [1.165, 1.54) is 0 Å². The van der Waals surface area contributed by atoms with E-state index in [0.29, 0.717) is 0 Å². The molecule has 0 heterocycles. The Bertz CT molecular complexity index is 162. The van der Waals surface area contributed by atoms with Gasteiger partial charge in [-0.1, -0.05) is 0 Å². The van der Waals surface area contributed by atoms with Crippen LogP contribution < -0.4 is 0 Å². The topological polar surface area (TPSA) is 37.3 Å². The van der Waals surface area contributed by atoms with Gasteiger partial charge in [0.15, 0.2) is 0 Å². The highest BCUT2D eigenvalue weighted by atomic mass is 16.3. The maximum atomic E-state index is 10.5. The van der Waals surface area contributed by atoms with Crippen LogP contribution in [-0.4, -0.2) is 17.0 Å². The summed E-state index contributed by atoms with van der Waals surface area (Å²) in [5, 5.41) is 8.97. The minimum atomic E-state index is -0.880. The van der Waals surface area contributed by atoms with E-state index in [2.05, 4.69) is 0 Å². The van der Waals surface area contributed by atoms with Crippen LogP contribution in [-0.2, 0) is 4.79 Å². The van der Waals surface area contributed by atoms with Crippen molar-refractivity contribution in [1.29, 1.82) is 0 Å². The summed E-state index contributed by atoms with van der Waals surface area (Å²) in [5.74, 6) is 1.58. The highest BCUT2D eigenvalue weighted by Crippen LogP contribution is 2.32. The second kappa shape index (κ2) is 2.20. The van der Waals surface area contributed by atoms with Gasteiger partial charge in [-0.15, -0.1) is 6.42 Å². The van der Waals surface area contributed by atoms with Crippen LogP contribution in [0.1, 0.15) is 12.8 Å². The summed E-state index contributed by atoms with van der Waals surface area (Å²) < 4.78 is 0.